The molecule has 2 aromatic carbocycles. The molecule has 1 N–H and O–H groups in total. The van der Waals surface area contributed by atoms with Gasteiger partial charge in [0.05, 0.1) is 12.1 Å². The summed E-state index contributed by atoms with van der Waals surface area (Å²) < 4.78 is 54.6. The Morgan fingerprint density at radius 2 is 1.71 bits per heavy atom. The highest BCUT2D eigenvalue weighted by Crippen LogP contribution is 2.30. The van der Waals surface area contributed by atoms with E-state index in [0.717, 1.165) is 5.69 Å². The molecular formula is C17H14F4N2O. The highest BCUT2D eigenvalue weighted by molar-refractivity contribution is 5.94. The molecule has 0 fully saturated rings. The van der Waals surface area contributed by atoms with Gasteiger partial charge in [-0.1, -0.05) is 0 Å². The zero-order valence-corrected chi connectivity index (χ0v) is 12.8. The molecule has 3 rings (SSSR count). The number of hydrogen-bond acceptors (Lipinski definition) is 3. The fraction of sp³-hybridized carbons (Fsp3) is 0.235. The number of rotatable bonds is 4. The number of hydrogen-bond donors (Lipinski definition) is 1. The lowest BCUT2D eigenvalue weighted by Gasteiger charge is -2.22. The zero-order valence-electron chi connectivity index (χ0n) is 12.8. The Morgan fingerprint density at radius 3 is 2.38 bits per heavy atom. The monoisotopic (exact) mass is 338 g/mol. The van der Waals surface area contributed by atoms with Crippen LogP contribution in [0.1, 0.15) is 6.92 Å². The Balaban J connectivity index is 2.26. The summed E-state index contributed by atoms with van der Waals surface area (Å²) >= 11 is 0. The average Bonchev–Trinajstić information content (AvgIpc) is 2.61. The molecule has 0 atom stereocenters. The lowest BCUT2D eigenvalue weighted by Crippen LogP contribution is -2.25. The van der Waals surface area contributed by atoms with E-state index in [1.54, 1.807) is 18.2 Å². The van der Waals surface area contributed by atoms with Crippen LogP contribution in [0.3, 0.4) is 0 Å². The Hall–Kier alpha value is -2.41. The fourth-order valence-corrected chi connectivity index (χ4v) is 2.70. The van der Waals surface area contributed by atoms with Gasteiger partial charge in [-0.15, -0.1) is 0 Å². The molecule has 24 heavy (non-hydrogen) atoms. The van der Waals surface area contributed by atoms with Crippen molar-refractivity contribution in [2.75, 3.05) is 24.6 Å². The van der Waals surface area contributed by atoms with E-state index in [0.29, 0.717) is 24.0 Å². The van der Waals surface area contributed by atoms with Crippen molar-refractivity contribution in [3.8, 4) is 0 Å². The van der Waals surface area contributed by atoms with Gasteiger partial charge in [-0.2, -0.15) is 0 Å². The van der Waals surface area contributed by atoms with E-state index in [1.165, 1.54) is 6.07 Å². The SMILES string of the molecule is CCN(CCO)c1ccc2nc3c(F)c(F)c(F)c(F)c3cc2c1. The van der Waals surface area contributed by atoms with Crippen molar-refractivity contribution in [3.63, 3.8) is 0 Å². The molecule has 0 aliphatic heterocycles. The molecular weight excluding hydrogens is 324 g/mol. The number of fused-ring (bicyclic) bond motifs is 2. The first-order valence-electron chi connectivity index (χ1n) is 7.40. The molecule has 0 saturated carbocycles. The van der Waals surface area contributed by atoms with E-state index in [4.69, 9.17) is 5.11 Å². The van der Waals surface area contributed by atoms with E-state index >= 15 is 0 Å². The van der Waals surface area contributed by atoms with Gasteiger partial charge in [-0.3, -0.25) is 0 Å². The predicted molar refractivity (Wildman–Crippen MR) is 84.1 cm³/mol. The second-order valence-electron chi connectivity index (χ2n) is 5.32. The minimum Gasteiger partial charge on any atom is -0.395 e. The molecule has 0 saturated heterocycles. The molecule has 0 amide bonds. The van der Waals surface area contributed by atoms with Crippen LogP contribution in [0.15, 0.2) is 24.3 Å². The van der Waals surface area contributed by atoms with Crippen LogP contribution in [0.5, 0.6) is 0 Å². The van der Waals surface area contributed by atoms with Crippen LogP contribution in [0.4, 0.5) is 23.2 Å². The van der Waals surface area contributed by atoms with Crippen molar-refractivity contribution in [1.82, 2.24) is 4.98 Å². The Kier molecular flexibility index (Phi) is 4.28. The smallest absolute Gasteiger partial charge is 0.199 e. The zero-order chi connectivity index (χ0) is 17.4. The summed E-state index contributed by atoms with van der Waals surface area (Å²) in [4.78, 5) is 5.80. The summed E-state index contributed by atoms with van der Waals surface area (Å²) in [6, 6.07) is 6.23. The van der Waals surface area contributed by atoms with E-state index in [2.05, 4.69) is 4.98 Å². The van der Waals surface area contributed by atoms with Crippen molar-refractivity contribution < 1.29 is 22.7 Å². The number of nitrogens with zero attached hydrogens (tertiary/aromatic N) is 2. The van der Waals surface area contributed by atoms with Gasteiger partial charge in [0.25, 0.3) is 0 Å². The summed E-state index contributed by atoms with van der Waals surface area (Å²) in [7, 11) is 0. The van der Waals surface area contributed by atoms with Crippen molar-refractivity contribution in [2.45, 2.75) is 6.92 Å². The first-order chi connectivity index (χ1) is 11.5. The van der Waals surface area contributed by atoms with Gasteiger partial charge in [-0.05, 0) is 31.2 Å². The minimum atomic E-state index is -1.87. The standard InChI is InChI=1S/C17H14F4N2O/c1-2-23(5-6-24)10-3-4-12-9(7-10)8-11-13(18)14(19)15(20)16(21)17(11)22-12/h3-4,7-8,24H,2,5-6H2,1H3. The Bertz CT molecular complexity index is 930. The summed E-state index contributed by atoms with van der Waals surface area (Å²) in [6.45, 7) is 2.92. The first-order valence-corrected chi connectivity index (χ1v) is 7.40. The van der Waals surface area contributed by atoms with E-state index in [1.807, 2.05) is 11.8 Å². The van der Waals surface area contributed by atoms with Gasteiger partial charge in [0.1, 0.15) is 5.52 Å². The largest absolute Gasteiger partial charge is 0.395 e. The number of aliphatic hydroxyl groups excluding tert-OH is 1. The highest BCUT2D eigenvalue weighted by Gasteiger charge is 2.22. The van der Waals surface area contributed by atoms with Crippen LogP contribution in [-0.2, 0) is 0 Å². The van der Waals surface area contributed by atoms with Gasteiger partial charge in [0, 0.05) is 29.5 Å². The number of likely N-dealkylation sites (N-methyl/N-ethyl adjacent to an activating group) is 1. The van der Waals surface area contributed by atoms with E-state index in [9.17, 15) is 17.6 Å². The molecule has 3 aromatic rings. The molecule has 0 unspecified atom stereocenters. The van der Waals surface area contributed by atoms with Crippen LogP contribution in [0.2, 0.25) is 0 Å². The van der Waals surface area contributed by atoms with Crippen LogP contribution in [-0.4, -0.2) is 29.8 Å². The lowest BCUT2D eigenvalue weighted by atomic mass is 10.1. The quantitative estimate of drug-likeness (QED) is 0.341. The number of benzene rings is 2. The van der Waals surface area contributed by atoms with Crippen LogP contribution >= 0.6 is 0 Å². The normalized spacial score (nSPS) is 11.4. The maximum atomic E-state index is 13.9. The number of aliphatic hydroxyl groups is 1. The minimum absolute atomic E-state index is 0.0355. The van der Waals surface area contributed by atoms with Crippen molar-refractivity contribution >= 4 is 27.5 Å². The second kappa shape index (κ2) is 6.24. The third kappa shape index (κ3) is 2.54. The molecule has 7 heteroatoms. The topological polar surface area (TPSA) is 36.4 Å². The maximum absolute atomic E-state index is 13.9. The van der Waals surface area contributed by atoms with E-state index in [-0.39, 0.29) is 6.61 Å². The second-order valence-corrected chi connectivity index (χ2v) is 5.32. The molecule has 0 spiro atoms. The van der Waals surface area contributed by atoms with Gasteiger partial charge >= 0.3 is 0 Å². The van der Waals surface area contributed by atoms with Gasteiger partial charge in [0.15, 0.2) is 23.3 Å². The third-order valence-corrected chi connectivity index (χ3v) is 3.94. The summed E-state index contributed by atoms with van der Waals surface area (Å²) in [6.07, 6.45) is 0. The molecule has 126 valence electrons. The van der Waals surface area contributed by atoms with Crippen LogP contribution in [0.25, 0.3) is 21.8 Å². The summed E-state index contributed by atoms with van der Waals surface area (Å²) in [5.41, 5.74) is 0.536. The van der Waals surface area contributed by atoms with Crippen molar-refractivity contribution in [2.24, 2.45) is 0 Å². The Morgan fingerprint density at radius 1 is 1.00 bits per heavy atom. The molecule has 1 heterocycles. The van der Waals surface area contributed by atoms with Gasteiger partial charge in [-0.25, -0.2) is 22.5 Å². The van der Waals surface area contributed by atoms with Crippen LogP contribution < -0.4 is 4.90 Å². The predicted octanol–water partition coefficient (Wildman–Crippen LogP) is 3.76. The lowest BCUT2D eigenvalue weighted by molar-refractivity contribution is 0.302. The maximum Gasteiger partial charge on any atom is 0.199 e. The third-order valence-electron chi connectivity index (χ3n) is 3.94. The van der Waals surface area contributed by atoms with Crippen molar-refractivity contribution in [1.29, 1.82) is 0 Å². The molecule has 0 aliphatic carbocycles. The number of pyridine rings is 1. The first kappa shape index (κ1) is 16.4. The number of halogens is 4. The summed E-state index contributed by atoms with van der Waals surface area (Å²) in [5.74, 6) is -6.70. The summed E-state index contributed by atoms with van der Waals surface area (Å²) in [5, 5.41) is 9.13. The molecule has 1 aromatic heterocycles. The number of aromatic nitrogens is 1. The van der Waals surface area contributed by atoms with Gasteiger partial charge < -0.3 is 10.0 Å². The molecule has 3 nitrogen and oxygen atoms in total. The molecule has 0 bridgehead atoms. The average molecular weight is 338 g/mol. The van der Waals surface area contributed by atoms with Gasteiger partial charge in [0.2, 0.25) is 0 Å². The highest BCUT2D eigenvalue weighted by atomic mass is 19.2. The molecule has 0 aliphatic rings. The van der Waals surface area contributed by atoms with Crippen LogP contribution in [0, 0.1) is 23.3 Å². The molecule has 0 radical (unpaired) electrons. The van der Waals surface area contributed by atoms with Crippen molar-refractivity contribution in [3.05, 3.63) is 47.5 Å². The fourth-order valence-electron chi connectivity index (χ4n) is 2.70. The Labute approximate surface area is 135 Å². The van der Waals surface area contributed by atoms with E-state index < -0.39 is 34.2 Å². The number of anilines is 1.